The molecule has 0 unspecified atom stereocenters. The van der Waals surface area contributed by atoms with Gasteiger partial charge in [-0.1, -0.05) is 17.8 Å². The van der Waals surface area contributed by atoms with Crippen LogP contribution in [-0.4, -0.2) is 27.6 Å². The second-order valence-electron chi connectivity index (χ2n) is 5.67. The van der Waals surface area contributed by atoms with Crippen molar-refractivity contribution in [2.45, 2.75) is 17.8 Å². The van der Waals surface area contributed by atoms with Crippen molar-refractivity contribution < 1.29 is 17.9 Å². The van der Waals surface area contributed by atoms with Gasteiger partial charge in [0.15, 0.2) is 11.0 Å². The predicted molar refractivity (Wildman–Crippen MR) is 99.3 cm³/mol. The molecule has 1 aromatic heterocycles. The van der Waals surface area contributed by atoms with E-state index < -0.39 is 11.7 Å². The molecule has 3 rings (SSSR count). The van der Waals surface area contributed by atoms with E-state index in [1.54, 1.807) is 42.0 Å². The Bertz CT molecular complexity index is 994. The van der Waals surface area contributed by atoms with E-state index in [1.807, 2.05) is 6.07 Å². The zero-order valence-corrected chi connectivity index (χ0v) is 15.6. The van der Waals surface area contributed by atoms with E-state index in [2.05, 4.69) is 10.2 Å². The highest BCUT2D eigenvalue weighted by molar-refractivity contribution is 7.99. The average Bonchev–Trinajstić information content (AvgIpc) is 3.11. The fourth-order valence-corrected chi connectivity index (χ4v) is 3.33. The quantitative estimate of drug-likeness (QED) is 0.429. The second kappa shape index (κ2) is 8.35. The topological polar surface area (TPSA) is 63.7 Å². The van der Waals surface area contributed by atoms with Crippen molar-refractivity contribution in [2.75, 3.05) is 12.9 Å². The summed E-state index contributed by atoms with van der Waals surface area (Å²) in [5.74, 6) is 1.51. The van der Waals surface area contributed by atoms with Gasteiger partial charge in [-0.2, -0.15) is 18.4 Å². The fourth-order valence-electron chi connectivity index (χ4n) is 2.53. The van der Waals surface area contributed by atoms with Gasteiger partial charge in [-0.05, 0) is 42.5 Å². The van der Waals surface area contributed by atoms with E-state index in [1.165, 1.54) is 17.8 Å². The number of benzene rings is 2. The maximum Gasteiger partial charge on any atom is 0.416 e. The third-order valence-corrected chi connectivity index (χ3v) is 4.79. The number of methoxy groups -OCH3 is 1. The minimum atomic E-state index is -4.46. The number of halogens is 3. The van der Waals surface area contributed by atoms with Crippen LogP contribution in [-0.2, 0) is 6.18 Å². The largest absolute Gasteiger partial charge is 0.497 e. The van der Waals surface area contributed by atoms with Gasteiger partial charge < -0.3 is 4.74 Å². The van der Waals surface area contributed by atoms with Gasteiger partial charge in [-0.3, -0.25) is 4.57 Å². The first-order chi connectivity index (χ1) is 13.4. The van der Waals surface area contributed by atoms with E-state index >= 15 is 0 Å². The van der Waals surface area contributed by atoms with Crippen molar-refractivity contribution in [1.82, 2.24) is 14.8 Å². The number of hydrogen-bond donors (Lipinski definition) is 0. The van der Waals surface area contributed by atoms with Crippen LogP contribution in [0.4, 0.5) is 13.2 Å². The third kappa shape index (κ3) is 4.28. The number of rotatable bonds is 6. The molecule has 2 aromatic carbocycles. The number of hydrogen-bond acceptors (Lipinski definition) is 5. The highest BCUT2D eigenvalue weighted by Gasteiger charge is 2.31. The predicted octanol–water partition coefficient (Wildman–Crippen LogP) is 4.97. The second-order valence-corrected chi connectivity index (χ2v) is 6.74. The first-order valence-corrected chi connectivity index (χ1v) is 9.20. The SMILES string of the molecule is COc1ccc(-c2nnc(SCCC#N)n2-c2cccc(C(F)(F)F)c2)cc1. The summed E-state index contributed by atoms with van der Waals surface area (Å²) < 4.78 is 46.2. The molecule has 9 heteroatoms. The lowest BCUT2D eigenvalue weighted by molar-refractivity contribution is -0.137. The molecule has 0 saturated carbocycles. The van der Waals surface area contributed by atoms with Crippen molar-refractivity contribution >= 4 is 11.8 Å². The molecule has 144 valence electrons. The number of alkyl halides is 3. The van der Waals surface area contributed by atoms with E-state index in [-0.39, 0.29) is 6.42 Å². The molecule has 0 atom stereocenters. The van der Waals surface area contributed by atoms with Gasteiger partial charge in [0.25, 0.3) is 0 Å². The van der Waals surface area contributed by atoms with Crippen LogP contribution in [0.3, 0.4) is 0 Å². The Hall–Kier alpha value is -2.99. The molecule has 1 heterocycles. The first-order valence-electron chi connectivity index (χ1n) is 8.21. The van der Waals surface area contributed by atoms with Crippen LogP contribution < -0.4 is 4.74 Å². The lowest BCUT2D eigenvalue weighted by atomic mass is 10.1. The Balaban J connectivity index is 2.10. The summed E-state index contributed by atoms with van der Waals surface area (Å²) in [6.45, 7) is 0. The van der Waals surface area contributed by atoms with Crippen LogP contribution in [0.1, 0.15) is 12.0 Å². The van der Waals surface area contributed by atoms with E-state index in [4.69, 9.17) is 10.00 Å². The van der Waals surface area contributed by atoms with Crippen molar-refractivity contribution in [2.24, 2.45) is 0 Å². The van der Waals surface area contributed by atoms with Gasteiger partial charge in [0.2, 0.25) is 0 Å². The van der Waals surface area contributed by atoms with Crippen LogP contribution in [0.15, 0.2) is 53.7 Å². The van der Waals surface area contributed by atoms with Crippen molar-refractivity contribution in [3.63, 3.8) is 0 Å². The zero-order valence-electron chi connectivity index (χ0n) is 14.8. The monoisotopic (exact) mass is 404 g/mol. The molecule has 0 aliphatic rings. The molecule has 3 aromatic rings. The van der Waals surface area contributed by atoms with Crippen LogP contribution in [0.5, 0.6) is 5.75 Å². The average molecular weight is 404 g/mol. The Morgan fingerprint density at radius 2 is 1.89 bits per heavy atom. The van der Waals surface area contributed by atoms with E-state index in [0.717, 1.165) is 12.1 Å². The molecule has 28 heavy (non-hydrogen) atoms. The molecular formula is C19H15F3N4OS. The number of aromatic nitrogens is 3. The van der Waals surface area contributed by atoms with Gasteiger partial charge in [-0.25, -0.2) is 0 Å². The Labute approximate surface area is 163 Å². The van der Waals surface area contributed by atoms with Gasteiger partial charge in [0.1, 0.15) is 5.75 Å². The van der Waals surface area contributed by atoms with Crippen molar-refractivity contribution in [1.29, 1.82) is 5.26 Å². The third-order valence-electron chi connectivity index (χ3n) is 3.86. The minimum Gasteiger partial charge on any atom is -0.497 e. The van der Waals surface area contributed by atoms with Gasteiger partial charge in [-0.15, -0.1) is 10.2 Å². The number of thioether (sulfide) groups is 1. The normalized spacial score (nSPS) is 11.2. The summed E-state index contributed by atoms with van der Waals surface area (Å²) in [5.41, 5.74) is 0.218. The van der Waals surface area contributed by atoms with Crippen LogP contribution >= 0.6 is 11.8 Å². The minimum absolute atomic E-state index is 0.290. The highest BCUT2D eigenvalue weighted by atomic mass is 32.2. The molecule has 0 bridgehead atoms. The molecule has 0 radical (unpaired) electrons. The summed E-state index contributed by atoms with van der Waals surface area (Å²) in [7, 11) is 1.55. The molecule has 0 fully saturated rings. The highest BCUT2D eigenvalue weighted by Crippen LogP contribution is 2.33. The Kier molecular flexibility index (Phi) is 5.90. The first kappa shape index (κ1) is 19.8. The lowest BCUT2D eigenvalue weighted by Gasteiger charge is -2.13. The summed E-state index contributed by atoms with van der Waals surface area (Å²) in [5, 5.41) is 17.5. The van der Waals surface area contributed by atoms with Gasteiger partial charge in [0.05, 0.1) is 24.4 Å². The van der Waals surface area contributed by atoms with Crippen molar-refractivity contribution in [3.8, 4) is 28.9 Å². The van der Waals surface area contributed by atoms with Crippen LogP contribution in [0.2, 0.25) is 0 Å². The smallest absolute Gasteiger partial charge is 0.416 e. The fraction of sp³-hybridized carbons (Fsp3) is 0.211. The molecule has 0 aliphatic heterocycles. The number of nitriles is 1. The Morgan fingerprint density at radius 3 is 2.54 bits per heavy atom. The van der Waals surface area contributed by atoms with Crippen LogP contribution in [0.25, 0.3) is 17.1 Å². The summed E-state index contributed by atoms with van der Waals surface area (Å²) in [4.78, 5) is 0. The lowest BCUT2D eigenvalue weighted by Crippen LogP contribution is -2.07. The maximum absolute atomic E-state index is 13.2. The van der Waals surface area contributed by atoms with Gasteiger partial charge in [0, 0.05) is 17.7 Å². The molecule has 0 aliphatic carbocycles. The van der Waals surface area contributed by atoms with Gasteiger partial charge >= 0.3 is 6.18 Å². The summed E-state index contributed by atoms with van der Waals surface area (Å²) in [6, 6.07) is 14.0. The summed E-state index contributed by atoms with van der Waals surface area (Å²) in [6.07, 6.45) is -4.17. The molecule has 0 amide bonds. The van der Waals surface area contributed by atoms with E-state index in [9.17, 15) is 13.2 Å². The molecule has 0 N–H and O–H groups in total. The maximum atomic E-state index is 13.2. The zero-order chi connectivity index (χ0) is 20.1. The van der Waals surface area contributed by atoms with Crippen molar-refractivity contribution in [3.05, 3.63) is 54.1 Å². The van der Waals surface area contributed by atoms with E-state index in [0.29, 0.717) is 33.7 Å². The molecule has 0 spiro atoms. The molecule has 5 nitrogen and oxygen atoms in total. The Morgan fingerprint density at radius 1 is 1.14 bits per heavy atom. The number of nitrogens with zero attached hydrogens (tertiary/aromatic N) is 4. The number of ether oxygens (including phenoxy) is 1. The molecular weight excluding hydrogens is 389 g/mol. The standard InChI is InChI=1S/C19H15F3N4OS/c1-27-16-8-6-13(7-9-16)17-24-25-18(28-11-3-10-23)26(17)15-5-2-4-14(12-15)19(20,21)22/h2,4-9,12H,3,11H2,1H3. The molecule has 0 saturated heterocycles. The van der Waals surface area contributed by atoms with Crippen LogP contribution in [0, 0.1) is 11.3 Å². The summed E-state index contributed by atoms with van der Waals surface area (Å²) >= 11 is 1.26.